The molecule has 1 saturated carbocycles. The third-order valence-corrected chi connectivity index (χ3v) is 9.75. The summed E-state index contributed by atoms with van der Waals surface area (Å²) in [6.45, 7) is 5.65. The molecular formula is C33H41N3O4S. The quantitative estimate of drug-likeness (QED) is 0.313. The molecule has 0 radical (unpaired) electrons. The minimum absolute atomic E-state index is 0.105. The maximum absolute atomic E-state index is 14.2. The van der Waals surface area contributed by atoms with Gasteiger partial charge in [-0.1, -0.05) is 74.4 Å². The van der Waals surface area contributed by atoms with Crippen LogP contribution in [0.2, 0.25) is 0 Å². The van der Waals surface area contributed by atoms with Crippen LogP contribution in [0.3, 0.4) is 0 Å². The van der Waals surface area contributed by atoms with Crippen molar-refractivity contribution in [2.24, 2.45) is 0 Å². The van der Waals surface area contributed by atoms with Crippen molar-refractivity contribution in [1.82, 2.24) is 10.2 Å². The molecule has 2 amide bonds. The number of nitrogens with one attached hydrogen (secondary N) is 1. The topological polar surface area (TPSA) is 86.8 Å². The molecule has 0 heterocycles. The van der Waals surface area contributed by atoms with Gasteiger partial charge in [0.05, 0.1) is 10.6 Å². The van der Waals surface area contributed by atoms with Gasteiger partial charge in [0.25, 0.3) is 10.0 Å². The van der Waals surface area contributed by atoms with E-state index in [1.165, 1.54) is 16.4 Å². The third-order valence-electron chi connectivity index (χ3n) is 7.96. The van der Waals surface area contributed by atoms with Gasteiger partial charge < -0.3 is 10.2 Å². The van der Waals surface area contributed by atoms with E-state index in [0.29, 0.717) is 25.1 Å². The summed E-state index contributed by atoms with van der Waals surface area (Å²) in [6, 6.07) is 22.8. The van der Waals surface area contributed by atoms with Gasteiger partial charge in [-0.25, -0.2) is 8.42 Å². The molecule has 218 valence electrons. The van der Waals surface area contributed by atoms with Crippen LogP contribution in [0.5, 0.6) is 0 Å². The van der Waals surface area contributed by atoms with Crippen LogP contribution < -0.4 is 9.62 Å². The van der Waals surface area contributed by atoms with Crippen molar-refractivity contribution in [3.8, 4) is 0 Å². The van der Waals surface area contributed by atoms with E-state index in [2.05, 4.69) is 5.32 Å². The summed E-state index contributed by atoms with van der Waals surface area (Å²) >= 11 is 0. The van der Waals surface area contributed by atoms with Gasteiger partial charge in [0.2, 0.25) is 11.8 Å². The molecule has 3 aromatic carbocycles. The van der Waals surface area contributed by atoms with E-state index in [0.717, 1.165) is 42.4 Å². The minimum atomic E-state index is -4.07. The zero-order chi connectivity index (χ0) is 29.4. The van der Waals surface area contributed by atoms with E-state index in [1.54, 1.807) is 35.2 Å². The average Bonchev–Trinajstić information content (AvgIpc) is 3.49. The summed E-state index contributed by atoms with van der Waals surface area (Å²) in [5.41, 5.74) is 3.40. The Labute approximate surface area is 244 Å². The number of amides is 2. The molecule has 0 aliphatic heterocycles. The van der Waals surface area contributed by atoms with E-state index in [9.17, 15) is 18.0 Å². The first-order chi connectivity index (χ1) is 19.7. The predicted molar refractivity (Wildman–Crippen MR) is 163 cm³/mol. The summed E-state index contributed by atoms with van der Waals surface area (Å²) in [5, 5.41) is 3.15. The number of benzene rings is 3. The lowest BCUT2D eigenvalue weighted by Crippen LogP contribution is -2.54. The molecule has 7 nitrogen and oxygen atoms in total. The van der Waals surface area contributed by atoms with Crippen molar-refractivity contribution < 1.29 is 18.0 Å². The second-order valence-electron chi connectivity index (χ2n) is 10.8. The van der Waals surface area contributed by atoms with Crippen LogP contribution in [0.4, 0.5) is 5.69 Å². The fraction of sp³-hybridized carbons (Fsp3) is 0.394. The van der Waals surface area contributed by atoms with Crippen LogP contribution in [0.25, 0.3) is 0 Å². The Morgan fingerprint density at radius 3 is 2.15 bits per heavy atom. The van der Waals surface area contributed by atoms with Gasteiger partial charge in [0.15, 0.2) is 0 Å². The highest BCUT2D eigenvalue weighted by Crippen LogP contribution is 2.26. The Morgan fingerprint density at radius 1 is 0.902 bits per heavy atom. The zero-order valence-corrected chi connectivity index (χ0v) is 25.1. The van der Waals surface area contributed by atoms with Gasteiger partial charge >= 0.3 is 0 Å². The first-order valence-electron chi connectivity index (χ1n) is 14.5. The zero-order valence-electron chi connectivity index (χ0n) is 24.3. The van der Waals surface area contributed by atoms with Crippen LogP contribution >= 0.6 is 0 Å². The van der Waals surface area contributed by atoms with E-state index in [1.807, 2.05) is 57.2 Å². The lowest BCUT2D eigenvalue weighted by atomic mass is 10.1. The van der Waals surface area contributed by atoms with E-state index in [4.69, 9.17) is 0 Å². The highest BCUT2D eigenvalue weighted by molar-refractivity contribution is 7.92. The van der Waals surface area contributed by atoms with Crippen molar-refractivity contribution in [1.29, 1.82) is 0 Å². The van der Waals surface area contributed by atoms with E-state index in [-0.39, 0.29) is 16.8 Å². The number of carbonyl (C=O) groups excluding carboxylic acids is 2. The molecule has 1 atom stereocenters. The molecule has 0 saturated heterocycles. The van der Waals surface area contributed by atoms with Crippen molar-refractivity contribution in [3.63, 3.8) is 0 Å². The smallest absolute Gasteiger partial charge is 0.264 e. The first-order valence-corrected chi connectivity index (χ1v) is 15.9. The Balaban J connectivity index is 1.68. The van der Waals surface area contributed by atoms with Crippen LogP contribution in [0, 0.1) is 13.8 Å². The molecule has 0 spiro atoms. The van der Waals surface area contributed by atoms with Gasteiger partial charge in [-0.15, -0.1) is 0 Å². The van der Waals surface area contributed by atoms with Crippen LogP contribution in [-0.4, -0.2) is 50.3 Å². The molecule has 41 heavy (non-hydrogen) atoms. The van der Waals surface area contributed by atoms with Crippen molar-refractivity contribution in [3.05, 3.63) is 95.6 Å². The Bertz CT molecular complexity index is 1420. The van der Waals surface area contributed by atoms with Crippen LogP contribution in [-0.2, 0) is 26.0 Å². The number of anilines is 1. The monoisotopic (exact) mass is 575 g/mol. The molecule has 1 aliphatic carbocycles. The number of aryl methyl sites for hydroxylation is 2. The Hall–Kier alpha value is -3.65. The van der Waals surface area contributed by atoms with Crippen LogP contribution in [0.1, 0.15) is 55.7 Å². The summed E-state index contributed by atoms with van der Waals surface area (Å²) in [6.07, 6.45) is 5.02. The largest absolute Gasteiger partial charge is 0.352 e. The molecule has 1 aliphatic rings. The molecule has 1 N–H and O–H groups in total. The van der Waals surface area contributed by atoms with Gasteiger partial charge in [-0.2, -0.15) is 0 Å². The second-order valence-corrected chi connectivity index (χ2v) is 12.7. The van der Waals surface area contributed by atoms with E-state index >= 15 is 0 Å². The number of rotatable bonds is 12. The number of hydrogen-bond donors (Lipinski definition) is 1. The Kier molecular flexibility index (Phi) is 10.2. The summed E-state index contributed by atoms with van der Waals surface area (Å²) in [5.74, 6) is -0.587. The summed E-state index contributed by atoms with van der Waals surface area (Å²) < 4.78 is 29.1. The molecule has 8 heteroatoms. The summed E-state index contributed by atoms with van der Waals surface area (Å²) in [4.78, 5) is 29.3. The van der Waals surface area contributed by atoms with E-state index < -0.39 is 28.5 Å². The van der Waals surface area contributed by atoms with Crippen molar-refractivity contribution in [2.45, 2.75) is 76.3 Å². The third kappa shape index (κ3) is 7.55. The molecular weight excluding hydrogens is 534 g/mol. The van der Waals surface area contributed by atoms with Gasteiger partial charge in [0.1, 0.15) is 12.6 Å². The molecule has 4 rings (SSSR count). The summed E-state index contributed by atoms with van der Waals surface area (Å²) in [7, 11) is -4.07. The fourth-order valence-corrected chi connectivity index (χ4v) is 6.82. The minimum Gasteiger partial charge on any atom is -0.352 e. The molecule has 0 bridgehead atoms. The normalized spacial score (nSPS) is 14.4. The van der Waals surface area contributed by atoms with Crippen molar-refractivity contribution >= 4 is 27.5 Å². The van der Waals surface area contributed by atoms with Gasteiger partial charge in [-0.05, 0) is 80.5 Å². The highest BCUT2D eigenvalue weighted by Gasteiger charge is 2.34. The van der Waals surface area contributed by atoms with Gasteiger partial charge in [-0.3, -0.25) is 13.9 Å². The Morgan fingerprint density at radius 2 is 1.54 bits per heavy atom. The second kappa shape index (κ2) is 13.8. The van der Waals surface area contributed by atoms with Gasteiger partial charge in [0, 0.05) is 12.6 Å². The average molecular weight is 576 g/mol. The van der Waals surface area contributed by atoms with Crippen molar-refractivity contribution in [2.75, 3.05) is 17.4 Å². The fourth-order valence-electron chi connectivity index (χ4n) is 5.39. The SMILES string of the molecule is CC[C@@H](C(=O)NC1CCCC1)N(CCc1ccccc1)C(=O)CN(c1ccc(C)c(C)c1)S(=O)(=O)c1ccccc1. The highest BCUT2D eigenvalue weighted by atomic mass is 32.2. The lowest BCUT2D eigenvalue weighted by Gasteiger charge is -2.34. The molecule has 0 unspecified atom stereocenters. The molecule has 0 aromatic heterocycles. The number of hydrogen-bond acceptors (Lipinski definition) is 4. The number of carbonyl (C=O) groups is 2. The van der Waals surface area contributed by atoms with Crippen LogP contribution in [0.15, 0.2) is 83.8 Å². The lowest BCUT2D eigenvalue weighted by molar-refractivity contribution is -0.139. The number of sulfonamides is 1. The molecule has 1 fully saturated rings. The maximum Gasteiger partial charge on any atom is 0.264 e. The predicted octanol–water partition coefficient (Wildman–Crippen LogP) is 5.41. The first kappa shape index (κ1) is 30.3. The standard InChI is InChI=1S/C33H41N3O4S/c1-4-31(33(38)34-28-15-11-12-16-28)35(22-21-27-13-7-5-8-14-27)32(37)24-36(29-20-19-25(2)26(3)23-29)41(39,40)30-17-9-6-10-18-30/h5-10,13-14,17-20,23,28,31H,4,11-12,15-16,21-22,24H2,1-3H3,(H,34,38)/t31-/m0/s1. The number of nitrogens with zero attached hydrogens (tertiary/aromatic N) is 2. The maximum atomic E-state index is 14.2. The molecule has 3 aromatic rings.